The molecule has 168 valence electrons. The van der Waals surface area contributed by atoms with Crippen LogP contribution < -0.4 is 5.32 Å². The van der Waals surface area contributed by atoms with Gasteiger partial charge in [0.15, 0.2) is 5.96 Å². The Hall–Kier alpha value is -1.40. The number of guanidine groups is 1. The Morgan fingerprint density at radius 2 is 1.83 bits per heavy atom. The third kappa shape index (κ3) is 5.44. The smallest absolute Gasteiger partial charge is 0.310 e. The predicted molar refractivity (Wildman–Crippen MR) is 126 cm³/mol. The molecule has 1 N–H and O–H groups in total. The van der Waals surface area contributed by atoms with Crippen LogP contribution in [0, 0.1) is 11.8 Å². The summed E-state index contributed by atoms with van der Waals surface area (Å²) in [7, 11) is -0.263. The van der Waals surface area contributed by atoms with Crippen LogP contribution in [0.2, 0.25) is 0 Å². The van der Waals surface area contributed by atoms with E-state index in [4.69, 9.17) is 4.74 Å². The van der Waals surface area contributed by atoms with Crippen LogP contribution in [-0.4, -0.2) is 69.9 Å². The maximum Gasteiger partial charge on any atom is 0.310 e. The number of carbonyl (C=O) groups excluding carboxylic acids is 1. The Morgan fingerprint density at radius 1 is 1.20 bits per heavy atom. The van der Waals surface area contributed by atoms with Crippen molar-refractivity contribution in [1.82, 2.24) is 14.5 Å². The highest BCUT2D eigenvalue weighted by Crippen LogP contribution is 2.24. The van der Waals surface area contributed by atoms with Crippen molar-refractivity contribution in [1.29, 1.82) is 0 Å². The molecule has 2 saturated heterocycles. The number of carbonyl (C=O) groups is 1. The average molecular weight is 550 g/mol. The van der Waals surface area contributed by atoms with Gasteiger partial charge in [0.2, 0.25) is 10.0 Å². The lowest BCUT2D eigenvalue weighted by Crippen LogP contribution is -2.40. The van der Waals surface area contributed by atoms with Crippen LogP contribution in [0.5, 0.6) is 0 Å². The quantitative estimate of drug-likeness (QED) is 0.261. The van der Waals surface area contributed by atoms with Crippen LogP contribution in [0.25, 0.3) is 0 Å². The molecule has 0 aromatic heterocycles. The number of rotatable bonds is 5. The van der Waals surface area contributed by atoms with Crippen molar-refractivity contribution in [2.24, 2.45) is 16.8 Å². The molecule has 0 radical (unpaired) electrons. The van der Waals surface area contributed by atoms with Crippen molar-refractivity contribution >= 4 is 45.9 Å². The van der Waals surface area contributed by atoms with Crippen LogP contribution in [0.4, 0.5) is 0 Å². The Morgan fingerprint density at radius 3 is 2.40 bits per heavy atom. The zero-order valence-corrected chi connectivity index (χ0v) is 20.9. The molecule has 1 aromatic carbocycles. The zero-order chi connectivity index (χ0) is 21.0. The number of aliphatic imine (C=N–C) groups is 1. The minimum atomic E-state index is -3.39. The van der Waals surface area contributed by atoms with Crippen LogP contribution in [-0.2, 0) is 26.1 Å². The Bertz CT molecular complexity index is 854. The van der Waals surface area contributed by atoms with Gasteiger partial charge in [0.25, 0.3) is 0 Å². The molecular weight excluding hydrogens is 519 g/mol. The third-order valence-electron chi connectivity index (χ3n) is 5.70. The second-order valence-corrected chi connectivity index (χ2v) is 9.61. The van der Waals surface area contributed by atoms with E-state index in [2.05, 4.69) is 15.2 Å². The highest BCUT2D eigenvalue weighted by atomic mass is 127. The summed E-state index contributed by atoms with van der Waals surface area (Å²) in [5.74, 6) is 0.562. The number of likely N-dealkylation sites (tertiary alicyclic amines) is 1. The Kier molecular flexibility index (Phi) is 8.92. The molecule has 2 aliphatic heterocycles. The van der Waals surface area contributed by atoms with Gasteiger partial charge in [-0.15, -0.1) is 24.0 Å². The molecule has 0 saturated carbocycles. The molecule has 0 spiro atoms. The number of hydrogen-bond donors (Lipinski definition) is 1. The highest BCUT2D eigenvalue weighted by molar-refractivity contribution is 14.0. The largest absolute Gasteiger partial charge is 0.469 e. The van der Waals surface area contributed by atoms with E-state index in [0.717, 1.165) is 30.9 Å². The van der Waals surface area contributed by atoms with Crippen molar-refractivity contribution in [3.05, 3.63) is 29.8 Å². The molecular formula is C20H31IN4O4S. The van der Waals surface area contributed by atoms with Gasteiger partial charge in [-0.3, -0.25) is 9.79 Å². The van der Waals surface area contributed by atoms with Gasteiger partial charge in [0.05, 0.1) is 17.9 Å². The van der Waals surface area contributed by atoms with Gasteiger partial charge in [-0.2, -0.15) is 4.31 Å². The average Bonchev–Trinajstić information content (AvgIpc) is 3.39. The second-order valence-electron chi connectivity index (χ2n) is 7.67. The molecule has 2 atom stereocenters. The van der Waals surface area contributed by atoms with Gasteiger partial charge in [0, 0.05) is 39.8 Å². The van der Waals surface area contributed by atoms with Crippen LogP contribution >= 0.6 is 24.0 Å². The first-order valence-electron chi connectivity index (χ1n) is 9.99. The topological polar surface area (TPSA) is 91.3 Å². The number of halogens is 1. The van der Waals surface area contributed by atoms with Crippen LogP contribution in [0.15, 0.2) is 34.2 Å². The first kappa shape index (κ1) is 24.9. The monoisotopic (exact) mass is 550 g/mol. The van der Waals surface area contributed by atoms with Crippen molar-refractivity contribution in [2.75, 3.05) is 40.3 Å². The van der Waals surface area contributed by atoms with E-state index >= 15 is 0 Å². The van der Waals surface area contributed by atoms with Gasteiger partial charge in [-0.1, -0.05) is 19.1 Å². The minimum Gasteiger partial charge on any atom is -0.469 e. The highest BCUT2D eigenvalue weighted by Gasteiger charge is 2.36. The number of hydrogen-bond acceptors (Lipinski definition) is 5. The number of sulfonamides is 1. The summed E-state index contributed by atoms with van der Waals surface area (Å²) < 4.78 is 31.7. The zero-order valence-electron chi connectivity index (χ0n) is 17.7. The molecule has 0 bridgehead atoms. The van der Waals surface area contributed by atoms with Gasteiger partial charge in [-0.05, 0) is 36.5 Å². The fourth-order valence-electron chi connectivity index (χ4n) is 3.97. The Balaban J connectivity index is 0.00000320. The molecule has 8 nitrogen and oxygen atoms in total. The summed E-state index contributed by atoms with van der Waals surface area (Å²) in [4.78, 5) is 18.6. The van der Waals surface area contributed by atoms with Crippen molar-refractivity contribution in [3.8, 4) is 0 Å². The first-order valence-corrected chi connectivity index (χ1v) is 11.4. The number of nitrogens with zero attached hydrogens (tertiary/aromatic N) is 3. The van der Waals surface area contributed by atoms with Crippen LogP contribution in [0.1, 0.15) is 25.3 Å². The maximum absolute atomic E-state index is 12.6. The number of benzene rings is 1. The molecule has 2 heterocycles. The molecule has 0 amide bonds. The van der Waals surface area contributed by atoms with E-state index in [9.17, 15) is 13.2 Å². The molecule has 0 aliphatic carbocycles. The van der Waals surface area contributed by atoms with E-state index in [1.54, 1.807) is 23.5 Å². The van der Waals surface area contributed by atoms with Crippen LogP contribution in [0.3, 0.4) is 0 Å². The van der Waals surface area contributed by atoms with Gasteiger partial charge in [0.1, 0.15) is 0 Å². The van der Waals surface area contributed by atoms with Gasteiger partial charge in [-0.25, -0.2) is 8.42 Å². The lowest BCUT2D eigenvalue weighted by molar-refractivity contribution is -0.145. The number of esters is 1. The molecule has 2 aliphatic rings. The van der Waals surface area contributed by atoms with Crippen molar-refractivity contribution < 1.29 is 17.9 Å². The van der Waals surface area contributed by atoms with Crippen molar-refractivity contribution in [2.45, 2.75) is 31.2 Å². The normalized spacial score (nSPS) is 22.6. The molecule has 30 heavy (non-hydrogen) atoms. The molecule has 2 unspecified atom stereocenters. The number of ether oxygens (including phenoxy) is 1. The van der Waals surface area contributed by atoms with E-state index in [-0.39, 0.29) is 41.8 Å². The molecule has 10 heteroatoms. The summed E-state index contributed by atoms with van der Waals surface area (Å²) in [6.45, 7) is 5.05. The predicted octanol–water partition coefficient (Wildman–Crippen LogP) is 1.91. The molecule has 2 fully saturated rings. The summed E-state index contributed by atoms with van der Waals surface area (Å²) in [6.07, 6.45) is 1.85. The van der Waals surface area contributed by atoms with E-state index in [1.165, 1.54) is 7.11 Å². The fourth-order valence-corrected chi connectivity index (χ4v) is 5.49. The third-order valence-corrected chi connectivity index (χ3v) is 7.62. The fraction of sp³-hybridized carbons (Fsp3) is 0.600. The number of methoxy groups -OCH3 is 1. The van der Waals surface area contributed by atoms with E-state index in [1.807, 2.05) is 19.1 Å². The summed E-state index contributed by atoms with van der Waals surface area (Å²) in [6, 6.07) is 6.98. The Labute approximate surface area is 196 Å². The number of nitrogens with one attached hydrogen (secondary N) is 1. The second kappa shape index (κ2) is 10.8. The standard InChI is InChI=1S/C20H30N4O4S.HI/c1-15-13-23(14-18(15)19(25)28-3)20(21-2)22-12-16-6-8-17(9-7-16)29(26,27)24-10-4-5-11-24;/h6-9,15,18H,4-5,10-14H2,1-3H3,(H,21,22);1H. The lowest BCUT2D eigenvalue weighted by atomic mass is 9.99. The maximum atomic E-state index is 12.6. The summed E-state index contributed by atoms with van der Waals surface area (Å²) in [5.41, 5.74) is 0.961. The van der Waals surface area contributed by atoms with Gasteiger partial charge >= 0.3 is 5.97 Å². The van der Waals surface area contributed by atoms with E-state index in [0.29, 0.717) is 31.1 Å². The molecule has 3 rings (SSSR count). The minimum absolute atomic E-state index is 0. The van der Waals surface area contributed by atoms with E-state index < -0.39 is 10.0 Å². The van der Waals surface area contributed by atoms with Crippen molar-refractivity contribution in [3.63, 3.8) is 0 Å². The van der Waals surface area contributed by atoms with Gasteiger partial charge < -0.3 is 15.0 Å². The molecule has 1 aromatic rings. The lowest BCUT2D eigenvalue weighted by Gasteiger charge is -2.21. The first-order chi connectivity index (χ1) is 13.9. The summed E-state index contributed by atoms with van der Waals surface area (Å²) >= 11 is 0. The summed E-state index contributed by atoms with van der Waals surface area (Å²) in [5, 5.41) is 3.30. The SMILES string of the molecule is CN=C(NCc1ccc(S(=O)(=O)N2CCCC2)cc1)N1CC(C)C(C(=O)OC)C1.I.